The Labute approximate surface area is 125 Å². The van der Waals surface area contributed by atoms with Gasteiger partial charge < -0.3 is 11.1 Å². The van der Waals surface area contributed by atoms with Crippen LogP contribution in [0.5, 0.6) is 0 Å². The first-order chi connectivity index (χ1) is 10.1. The van der Waals surface area contributed by atoms with Crippen molar-refractivity contribution < 1.29 is 4.79 Å². The maximum absolute atomic E-state index is 12.2. The highest BCUT2D eigenvalue weighted by atomic mass is 32.1. The molecule has 0 aliphatic carbocycles. The summed E-state index contributed by atoms with van der Waals surface area (Å²) in [5.74, 6) is -0.250. The molecule has 6 nitrogen and oxygen atoms in total. The number of aryl methyl sites for hydroxylation is 2. The number of carbonyl (C=O) groups is 1. The van der Waals surface area contributed by atoms with E-state index in [1.807, 2.05) is 37.6 Å². The van der Waals surface area contributed by atoms with Gasteiger partial charge in [0.1, 0.15) is 6.04 Å². The van der Waals surface area contributed by atoms with E-state index < -0.39 is 6.04 Å². The Kier molecular flexibility index (Phi) is 3.44. The Morgan fingerprint density at radius 2 is 2.33 bits per heavy atom. The Bertz CT molecular complexity index is 793. The Morgan fingerprint density at radius 1 is 1.52 bits per heavy atom. The van der Waals surface area contributed by atoms with Crippen molar-refractivity contribution in [1.82, 2.24) is 14.8 Å². The molecule has 21 heavy (non-hydrogen) atoms. The van der Waals surface area contributed by atoms with Crippen LogP contribution >= 0.6 is 11.3 Å². The van der Waals surface area contributed by atoms with Crippen LogP contribution in [0.2, 0.25) is 0 Å². The van der Waals surface area contributed by atoms with E-state index in [0.29, 0.717) is 5.69 Å². The van der Waals surface area contributed by atoms with Gasteiger partial charge in [-0.1, -0.05) is 6.07 Å². The number of fused-ring (bicyclic) bond motifs is 1. The molecule has 0 fully saturated rings. The summed E-state index contributed by atoms with van der Waals surface area (Å²) in [5.41, 5.74) is 8.22. The zero-order valence-corrected chi connectivity index (χ0v) is 12.5. The fourth-order valence-electron chi connectivity index (χ4n) is 2.19. The SMILES string of the molecule is Cc1nn(C)c2ncc(NC(=O)C(N)c3cccs3)cc12. The lowest BCUT2D eigenvalue weighted by Gasteiger charge is -2.10. The van der Waals surface area contributed by atoms with Crippen molar-refractivity contribution in [2.24, 2.45) is 12.8 Å². The van der Waals surface area contributed by atoms with Gasteiger partial charge in [-0.2, -0.15) is 5.10 Å². The number of carbonyl (C=O) groups excluding carboxylic acids is 1. The third-order valence-corrected chi connectivity index (χ3v) is 4.22. The van der Waals surface area contributed by atoms with Crippen LogP contribution in [0.1, 0.15) is 16.6 Å². The fourth-order valence-corrected chi connectivity index (χ4v) is 2.92. The van der Waals surface area contributed by atoms with Gasteiger partial charge in [0.2, 0.25) is 5.91 Å². The van der Waals surface area contributed by atoms with Crippen LogP contribution in [0, 0.1) is 6.92 Å². The van der Waals surface area contributed by atoms with Crippen LogP contribution in [-0.2, 0) is 11.8 Å². The smallest absolute Gasteiger partial charge is 0.246 e. The van der Waals surface area contributed by atoms with Crippen LogP contribution in [0.4, 0.5) is 5.69 Å². The lowest BCUT2D eigenvalue weighted by atomic mass is 10.2. The number of nitrogens with one attached hydrogen (secondary N) is 1. The zero-order valence-electron chi connectivity index (χ0n) is 11.7. The van der Waals surface area contributed by atoms with Crippen LogP contribution in [0.25, 0.3) is 11.0 Å². The molecule has 3 heterocycles. The zero-order chi connectivity index (χ0) is 15.0. The number of anilines is 1. The topological polar surface area (TPSA) is 85.8 Å². The average Bonchev–Trinajstić information content (AvgIpc) is 3.08. The quantitative estimate of drug-likeness (QED) is 0.774. The van der Waals surface area contributed by atoms with Gasteiger partial charge in [-0.25, -0.2) is 4.98 Å². The van der Waals surface area contributed by atoms with E-state index in [4.69, 9.17) is 5.73 Å². The first kappa shape index (κ1) is 13.7. The molecule has 0 saturated heterocycles. The van der Waals surface area contributed by atoms with Crippen LogP contribution in [-0.4, -0.2) is 20.7 Å². The van der Waals surface area contributed by atoms with E-state index in [2.05, 4.69) is 15.4 Å². The number of rotatable bonds is 3. The van der Waals surface area contributed by atoms with E-state index in [0.717, 1.165) is 21.6 Å². The van der Waals surface area contributed by atoms with Gasteiger partial charge >= 0.3 is 0 Å². The Hall–Kier alpha value is -2.25. The molecule has 0 saturated carbocycles. The first-order valence-electron chi connectivity index (χ1n) is 6.45. The highest BCUT2D eigenvalue weighted by molar-refractivity contribution is 7.10. The van der Waals surface area contributed by atoms with Crippen molar-refractivity contribution in [2.75, 3.05) is 5.32 Å². The number of pyridine rings is 1. The summed E-state index contributed by atoms with van der Waals surface area (Å²) in [4.78, 5) is 17.3. The predicted octanol–water partition coefficient (Wildman–Crippen LogP) is 1.98. The fraction of sp³-hybridized carbons (Fsp3) is 0.214. The highest BCUT2D eigenvalue weighted by Gasteiger charge is 2.17. The van der Waals surface area contributed by atoms with Crippen molar-refractivity contribution in [3.63, 3.8) is 0 Å². The number of nitrogens with zero attached hydrogens (tertiary/aromatic N) is 3. The average molecular weight is 301 g/mol. The molecule has 0 aliphatic rings. The van der Waals surface area contributed by atoms with Crippen molar-refractivity contribution in [1.29, 1.82) is 0 Å². The number of hydrogen-bond donors (Lipinski definition) is 2. The van der Waals surface area contributed by atoms with Gasteiger partial charge in [-0.05, 0) is 24.4 Å². The van der Waals surface area contributed by atoms with Gasteiger partial charge in [-0.15, -0.1) is 11.3 Å². The molecule has 3 N–H and O–H groups in total. The molecule has 3 aromatic heterocycles. The van der Waals surface area contributed by atoms with Crippen molar-refractivity contribution in [2.45, 2.75) is 13.0 Å². The van der Waals surface area contributed by atoms with Gasteiger partial charge in [0, 0.05) is 17.3 Å². The van der Waals surface area contributed by atoms with Crippen LogP contribution < -0.4 is 11.1 Å². The molecule has 0 aromatic carbocycles. The summed E-state index contributed by atoms with van der Waals surface area (Å²) in [6, 6.07) is 4.92. The summed E-state index contributed by atoms with van der Waals surface area (Å²) >= 11 is 1.46. The highest BCUT2D eigenvalue weighted by Crippen LogP contribution is 2.21. The summed E-state index contributed by atoms with van der Waals surface area (Å²) in [6.45, 7) is 1.91. The number of thiophene rings is 1. The van der Waals surface area contributed by atoms with Crippen LogP contribution in [0.15, 0.2) is 29.8 Å². The maximum atomic E-state index is 12.2. The molecular formula is C14H15N5OS. The standard InChI is InChI=1S/C14H15N5OS/c1-8-10-6-9(7-16-13(10)19(2)18-8)17-14(20)12(15)11-4-3-5-21-11/h3-7,12H,15H2,1-2H3,(H,17,20). The molecule has 0 radical (unpaired) electrons. The minimum Gasteiger partial charge on any atom is -0.323 e. The number of nitrogens with two attached hydrogens (primary N) is 1. The van der Waals surface area contributed by atoms with Crippen molar-refractivity contribution in [3.8, 4) is 0 Å². The molecular weight excluding hydrogens is 286 g/mol. The van der Waals surface area contributed by atoms with Crippen molar-refractivity contribution in [3.05, 3.63) is 40.3 Å². The van der Waals surface area contributed by atoms with Gasteiger partial charge in [-0.3, -0.25) is 9.48 Å². The Balaban J connectivity index is 1.84. The first-order valence-corrected chi connectivity index (χ1v) is 7.33. The summed E-state index contributed by atoms with van der Waals surface area (Å²) in [7, 11) is 1.84. The largest absolute Gasteiger partial charge is 0.323 e. The molecule has 7 heteroatoms. The number of hydrogen-bond acceptors (Lipinski definition) is 5. The molecule has 0 spiro atoms. The lowest BCUT2D eigenvalue weighted by Crippen LogP contribution is -2.27. The summed E-state index contributed by atoms with van der Waals surface area (Å²) in [5, 5.41) is 9.92. The second-order valence-electron chi connectivity index (χ2n) is 4.79. The van der Waals surface area contributed by atoms with E-state index in [9.17, 15) is 4.79 Å². The van der Waals surface area contributed by atoms with Gasteiger partial charge in [0.15, 0.2) is 5.65 Å². The third kappa shape index (κ3) is 2.53. The summed E-state index contributed by atoms with van der Waals surface area (Å²) in [6.07, 6.45) is 1.61. The van der Waals surface area contributed by atoms with Gasteiger partial charge in [0.25, 0.3) is 0 Å². The molecule has 0 aliphatic heterocycles. The van der Waals surface area contributed by atoms with Crippen LogP contribution in [0.3, 0.4) is 0 Å². The lowest BCUT2D eigenvalue weighted by molar-refractivity contribution is -0.117. The predicted molar refractivity (Wildman–Crippen MR) is 83.1 cm³/mol. The molecule has 0 bridgehead atoms. The molecule has 1 amide bonds. The third-order valence-electron chi connectivity index (χ3n) is 3.26. The molecule has 108 valence electrons. The Morgan fingerprint density at radius 3 is 3.05 bits per heavy atom. The number of aromatic nitrogens is 3. The molecule has 1 atom stereocenters. The van der Waals surface area contributed by atoms with E-state index in [1.165, 1.54) is 11.3 Å². The molecule has 3 aromatic rings. The van der Waals surface area contributed by atoms with E-state index >= 15 is 0 Å². The second kappa shape index (κ2) is 5.27. The normalized spacial score (nSPS) is 12.5. The summed E-state index contributed by atoms with van der Waals surface area (Å²) < 4.78 is 1.72. The van der Waals surface area contributed by atoms with E-state index in [1.54, 1.807) is 10.9 Å². The number of amides is 1. The maximum Gasteiger partial charge on any atom is 0.246 e. The monoisotopic (exact) mass is 301 g/mol. The van der Waals surface area contributed by atoms with Gasteiger partial charge in [0.05, 0.1) is 17.6 Å². The van der Waals surface area contributed by atoms with E-state index in [-0.39, 0.29) is 5.91 Å². The minimum absolute atomic E-state index is 0.250. The minimum atomic E-state index is -0.671. The van der Waals surface area contributed by atoms with Crippen molar-refractivity contribution >= 4 is 34.0 Å². The second-order valence-corrected chi connectivity index (χ2v) is 5.77. The molecule has 3 rings (SSSR count). The molecule has 1 unspecified atom stereocenters.